The number of aromatic nitrogens is 2. The third kappa shape index (κ3) is 5.76. The van der Waals surface area contributed by atoms with Crippen LogP contribution in [0.5, 0.6) is 5.88 Å². The molecule has 3 rings (SSSR count). The average Bonchev–Trinajstić information content (AvgIpc) is 2.72. The maximum Gasteiger partial charge on any atom is 0.255 e. The fraction of sp³-hybridized carbons (Fsp3) is 0.227. The first-order valence-corrected chi connectivity index (χ1v) is 9.21. The topological polar surface area (TPSA) is 99.4 Å². The number of nitrogens with zero attached hydrogens (tertiary/aromatic N) is 2. The molecule has 2 aromatic heterocycles. The maximum atomic E-state index is 12.4. The smallest absolute Gasteiger partial charge is 0.255 e. The van der Waals surface area contributed by atoms with E-state index >= 15 is 0 Å². The minimum Gasteiger partial charge on any atom is -0.473 e. The van der Waals surface area contributed by atoms with E-state index in [2.05, 4.69) is 15.3 Å². The Morgan fingerprint density at radius 2 is 1.83 bits per heavy atom. The third-order valence-corrected chi connectivity index (χ3v) is 4.27. The summed E-state index contributed by atoms with van der Waals surface area (Å²) in [5.41, 5.74) is 10.0. The number of anilines is 1. The molecule has 3 N–H and O–H groups in total. The van der Waals surface area contributed by atoms with Gasteiger partial charge in [0.25, 0.3) is 5.91 Å². The molecular weight excluding hydrogens is 368 g/mol. The average molecular weight is 392 g/mol. The lowest BCUT2D eigenvalue weighted by molar-refractivity contribution is 0.0951. The molecular formula is C22H24N4O3. The van der Waals surface area contributed by atoms with Crippen LogP contribution < -0.4 is 15.8 Å². The predicted octanol–water partition coefficient (Wildman–Crippen LogP) is 3.02. The number of pyridine rings is 2. The molecule has 0 aliphatic heterocycles. The van der Waals surface area contributed by atoms with Crippen LogP contribution in [0.4, 0.5) is 5.82 Å². The van der Waals surface area contributed by atoms with Crippen LogP contribution in [0.25, 0.3) is 0 Å². The molecule has 1 aromatic carbocycles. The second-order valence-corrected chi connectivity index (χ2v) is 6.63. The highest BCUT2D eigenvalue weighted by molar-refractivity contribution is 5.98. The summed E-state index contributed by atoms with van der Waals surface area (Å²) >= 11 is 0. The van der Waals surface area contributed by atoms with Crippen molar-refractivity contribution >= 4 is 11.7 Å². The van der Waals surface area contributed by atoms with Gasteiger partial charge in [0.05, 0.1) is 17.9 Å². The Morgan fingerprint density at radius 1 is 1.07 bits per heavy atom. The van der Waals surface area contributed by atoms with Gasteiger partial charge >= 0.3 is 0 Å². The number of hydrogen-bond donors (Lipinski definition) is 2. The van der Waals surface area contributed by atoms with Gasteiger partial charge in [-0.3, -0.25) is 4.79 Å². The molecule has 0 radical (unpaired) electrons. The van der Waals surface area contributed by atoms with Crippen molar-refractivity contribution in [1.82, 2.24) is 15.3 Å². The molecule has 3 aromatic rings. The molecule has 0 saturated carbocycles. The normalized spacial score (nSPS) is 10.6. The summed E-state index contributed by atoms with van der Waals surface area (Å²) in [5, 5.41) is 2.86. The van der Waals surface area contributed by atoms with Gasteiger partial charge in [-0.15, -0.1) is 0 Å². The molecule has 7 heteroatoms. The zero-order valence-electron chi connectivity index (χ0n) is 16.5. The zero-order chi connectivity index (χ0) is 20.6. The summed E-state index contributed by atoms with van der Waals surface area (Å²) in [6.45, 7) is 3.16. The van der Waals surface area contributed by atoms with Gasteiger partial charge in [0.15, 0.2) is 0 Å². The predicted molar refractivity (Wildman–Crippen MR) is 110 cm³/mol. The van der Waals surface area contributed by atoms with Gasteiger partial charge in [-0.05, 0) is 41.8 Å². The van der Waals surface area contributed by atoms with Gasteiger partial charge in [-0.2, -0.15) is 0 Å². The Morgan fingerprint density at radius 3 is 2.52 bits per heavy atom. The van der Waals surface area contributed by atoms with Crippen LogP contribution in [-0.4, -0.2) is 23.0 Å². The molecule has 7 nitrogen and oxygen atoms in total. The van der Waals surface area contributed by atoms with Crippen molar-refractivity contribution < 1.29 is 14.3 Å². The fourth-order valence-corrected chi connectivity index (χ4v) is 2.71. The van der Waals surface area contributed by atoms with Gasteiger partial charge in [0.1, 0.15) is 12.4 Å². The lowest BCUT2D eigenvalue weighted by Crippen LogP contribution is -2.24. The van der Waals surface area contributed by atoms with Crippen molar-refractivity contribution in [2.45, 2.75) is 26.7 Å². The lowest BCUT2D eigenvalue weighted by Gasteiger charge is -2.09. The molecule has 0 aliphatic carbocycles. The van der Waals surface area contributed by atoms with E-state index in [9.17, 15) is 4.79 Å². The first-order chi connectivity index (χ1) is 14.0. The Hall–Kier alpha value is -3.45. The van der Waals surface area contributed by atoms with E-state index in [1.54, 1.807) is 25.4 Å². The van der Waals surface area contributed by atoms with E-state index < -0.39 is 0 Å². The summed E-state index contributed by atoms with van der Waals surface area (Å²) in [7, 11) is 1.58. The van der Waals surface area contributed by atoms with Crippen molar-refractivity contribution in [3.8, 4) is 5.88 Å². The molecule has 1 amide bonds. The van der Waals surface area contributed by atoms with Gasteiger partial charge in [0.2, 0.25) is 5.88 Å². The number of benzene rings is 1. The molecule has 0 bridgehead atoms. The Bertz CT molecular complexity index is 974. The van der Waals surface area contributed by atoms with Crippen LogP contribution in [0, 0.1) is 6.92 Å². The summed E-state index contributed by atoms with van der Waals surface area (Å²) in [6.07, 6.45) is 1.73. The second kappa shape index (κ2) is 9.66. The molecule has 29 heavy (non-hydrogen) atoms. The standard InChI is InChI=1S/C22H24N4O3/c1-15-9-10-24-20(11-15)29-13-17-5-3-16(4-6-17)12-25-22(27)19-8-7-18(14-28-2)26-21(19)23/h3-11H,12-14H2,1-2H3,(H2,23,26)(H,25,27). The highest BCUT2D eigenvalue weighted by Gasteiger charge is 2.11. The van der Waals surface area contributed by atoms with E-state index in [0.29, 0.717) is 36.9 Å². The first kappa shape index (κ1) is 20.3. The van der Waals surface area contributed by atoms with Crippen LogP contribution in [0.1, 0.15) is 32.7 Å². The lowest BCUT2D eigenvalue weighted by atomic mass is 10.1. The van der Waals surface area contributed by atoms with Gasteiger partial charge < -0.3 is 20.5 Å². The molecule has 0 spiro atoms. The number of nitrogens with two attached hydrogens (primary N) is 1. The van der Waals surface area contributed by atoms with Crippen molar-refractivity contribution in [1.29, 1.82) is 0 Å². The van der Waals surface area contributed by atoms with Crippen molar-refractivity contribution in [3.05, 3.63) is 82.7 Å². The molecule has 0 atom stereocenters. The second-order valence-electron chi connectivity index (χ2n) is 6.63. The third-order valence-electron chi connectivity index (χ3n) is 4.27. The monoisotopic (exact) mass is 392 g/mol. The highest BCUT2D eigenvalue weighted by atomic mass is 16.5. The van der Waals surface area contributed by atoms with E-state index in [0.717, 1.165) is 16.7 Å². The number of ether oxygens (including phenoxy) is 2. The molecule has 0 saturated heterocycles. The van der Waals surface area contributed by atoms with Gasteiger partial charge in [0, 0.05) is 25.9 Å². The van der Waals surface area contributed by atoms with E-state index in [-0.39, 0.29) is 11.7 Å². The van der Waals surface area contributed by atoms with Crippen molar-refractivity contribution in [2.75, 3.05) is 12.8 Å². The maximum absolute atomic E-state index is 12.4. The Balaban J connectivity index is 1.52. The minimum atomic E-state index is -0.267. The molecule has 0 aliphatic rings. The first-order valence-electron chi connectivity index (χ1n) is 9.21. The SMILES string of the molecule is COCc1ccc(C(=O)NCc2ccc(COc3cc(C)ccn3)cc2)c(N)n1. The highest BCUT2D eigenvalue weighted by Crippen LogP contribution is 2.13. The Kier molecular flexibility index (Phi) is 6.76. The fourth-order valence-electron chi connectivity index (χ4n) is 2.71. The molecule has 150 valence electrons. The van der Waals surface area contributed by atoms with Crippen LogP contribution in [-0.2, 0) is 24.5 Å². The van der Waals surface area contributed by atoms with Crippen LogP contribution >= 0.6 is 0 Å². The number of carbonyl (C=O) groups excluding carboxylic acids is 1. The number of methoxy groups -OCH3 is 1. The van der Waals surface area contributed by atoms with Crippen molar-refractivity contribution in [3.63, 3.8) is 0 Å². The molecule has 0 fully saturated rings. The van der Waals surface area contributed by atoms with Crippen LogP contribution in [0.15, 0.2) is 54.7 Å². The number of amides is 1. The van der Waals surface area contributed by atoms with E-state index in [4.69, 9.17) is 15.2 Å². The summed E-state index contributed by atoms with van der Waals surface area (Å²) in [4.78, 5) is 20.7. The number of hydrogen-bond acceptors (Lipinski definition) is 6. The zero-order valence-corrected chi connectivity index (χ0v) is 16.5. The number of carbonyl (C=O) groups is 1. The van der Waals surface area contributed by atoms with E-state index in [1.165, 1.54) is 0 Å². The summed E-state index contributed by atoms with van der Waals surface area (Å²) in [5.74, 6) is 0.523. The van der Waals surface area contributed by atoms with E-state index in [1.807, 2.05) is 43.3 Å². The molecule has 2 heterocycles. The summed E-state index contributed by atoms with van der Waals surface area (Å²) < 4.78 is 10.7. The van der Waals surface area contributed by atoms with Crippen molar-refractivity contribution in [2.24, 2.45) is 0 Å². The van der Waals surface area contributed by atoms with Crippen LogP contribution in [0.3, 0.4) is 0 Å². The largest absolute Gasteiger partial charge is 0.473 e. The number of rotatable bonds is 8. The summed E-state index contributed by atoms with van der Waals surface area (Å²) in [6, 6.07) is 15.0. The molecule has 0 unspecified atom stereocenters. The van der Waals surface area contributed by atoms with Gasteiger partial charge in [-0.25, -0.2) is 9.97 Å². The number of nitrogens with one attached hydrogen (secondary N) is 1. The Labute approximate surface area is 169 Å². The van der Waals surface area contributed by atoms with Crippen LogP contribution in [0.2, 0.25) is 0 Å². The minimum absolute atomic E-state index is 0.189. The van der Waals surface area contributed by atoms with Gasteiger partial charge in [-0.1, -0.05) is 24.3 Å². The number of nitrogen functional groups attached to an aromatic ring is 1. The quantitative estimate of drug-likeness (QED) is 0.611. The number of aryl methyl sites for hydroxylation is 1.